The zero-order valence-corrected chi connectivity index (χ0v) is 14.6. The van der Waals surface area contributed by atoms with E-state index in [0.717, 1.165) is 37.6 Å². The molecule has 1 atom stereocenters. The van der Waals surface area contributed by atoms with Crippen molar-refractivity contribution in [2.45, 2.75) is 19.5 Å². The van der Waals surface area contributed by atoms with Crippen molar-refractivity contribution in [1.29, 1.82) is 0 Å². The van der Waals surface area contributed by atoms with Gasteiger partial charge in [-0.15, -0.1) is 11.3 Å². The summed E-state index contributed by atoms with van der Waals surface area (Å²) in [6.45, 7) is 3.30. The van der Waals surface area contributed by atoms with Crippen molar-refractivity contribution in [3.05, 3.63) is 44.1 Å². The van der Waals surface area contributed by atoms with Gasteiger partial charge in [-0.25, -0.2) is 0 Å². The number of methoxy groups -OCH3 is 2. The summed E-state index contributed by atoms with van der Waals surface area (Å²) >= 11 is 5.35. The average molecular weight is 369 g/mol. The molecule has 1 aromatic carbocycles. The molecule has 1 N–H and O–H groups in total. The summed E-state index contributed by atoms with van der Waals surface area (Å²) in [6.07, 6.45) is 1.09. The fraction of sp³-hybridized carbons (Fsp3) is 0.375. The minimum absolute atomic E-state index is 0.830. The maximum absolute atomic E-state index is 5.42. The molecule has 1 unspecified atom stereocenters. The van der Waals surface area contributed by atoms with E-state index in [1.165, 1.54) is 20.5 Å². The fourth-order valence-corrected chi connectivity index (χ4v) is 4.40. The normalized spacial score (nSPS) is 17.4. The first-order valence-corrected chi connectivity index (χ1v) is 8.67. The van der Waals surface area contributed by atoms with Gasteiger partial charge < -0.3 is 14.4 Å². The standard InChI is InChI=1S/C16H18BrNO2S/c1-19-15-5-11-3-4-18(8-12(11)6-16(15)20-2)9-14-7-13(17)10-21-14/h5-7,10H,3-4,8-9H2,1-2H3/p+1. The van der Waals surface area contributed by atoms with Gasteiger partial charge in [-0.1, -0.05) is 0 Å². The van der Waals surface area contributed by atoms with Crippen LogP contribution in [0.25, 0.3) is 0 Å². The lowest BCUT2D eigenvalue weighted by Gasteiger charge is -2.26. The Bertz CT molecular complexity index is 641. The second-order valence-corrected chi connectivity index (χ2v) is 7.22. The molecule has 0 amide bonds. The maximum Gasteiger partial charge on any atom is 0.161 e. The molecule has 21 heavy (non-hydrogen) atoms. The lowest BCUT2D eigenvalue weighted by atomic mass is 9.99. The third-order valence-electron chi connectivity index (χ3n) is 3.94. The number of halogens is 1. The number of hydrogen-bond donors (Lipinski definition) is 1. The summed E-state index contributed by atoms with van der Waals surface area (Å²) in [5.74, 6) is 1.67. The van der Waals surface area contributed by atoms with Gasteiger partial charge in [0.2, 0.25) is 0 Å². The van der Waals surface area contributed by atoms with Crippen LogP contribution in [0.15, 0.2) is 28.1 Å². The Balaban J connectivity index is 1.78. The number of quaternary nitrogens is 1. The van der Waals surface area contributed by atoms with Gasteiger partial charge in [-0.2, -0.15) is 0 Å². The summed E-state index contributed by atoms with van der Waals surface area (Å²) in [5, 5.41) is 2.15. The summed E-state index contributed by atoms with van der Waals surface area (Å²) in [4.78, 5) is 3.03. The van der Waals surface area contributed by atoms with Gasteiger partial charge in [0.05, 0.1) is 25.6 Å². The highest BCUT2D eigenvalue weighted by Crippen LogP contribution is 2.31. The number of thiophene rings is 1. The Morgan fingerprint density at radius 1 is 1.14 bits per heavy atom. The quantitative estimate of drug-likeness (QED) is 0.896. The van der Waals surface area contributed by atoms with Crippen LogP contribution in [0.4, 0.5) is 0 Å². The van der Waals surface area contributed by atoms with Crippen molar-refractivity contribution in [1.82, 2.24) is 0 Å². The van der Waals surface area contributed by atoms with Crippen molar-refractivity contribution in [3.63, 3.8) is 0 Å². The van der Waals surface area contributed by atoms with E-state index in [1.54, 1.807) is 19.1 Å². The van der Waals surface area contributed by atoms with E-state index in [-0.39, 0.29) is 0 Å². The molecule has 0 aliphatic carbocycles. The van der Waals surface area contributed by atoms with E-state index in [9.17, 15) is 0 Å². The van der Waals surface area contributed by atoms with Gasteiger partial charge >= 0.3 is 0 Å². The monoisotopic (exact) mass is 368 g/mol. The first-order chi connectivity index (χ1) is 10.2. The van der Waals surface area contributed by atoms with E-state index in [2.05, 4.69) is 39.5 Å². The molecule has 1 aromatic heterocycles. The van der Waals surface area contributed by atoms with Crippen LogP contribution in [0.5, 0.6) is 11.5 Å². The van der Waals surface area contributed by atoms with Crippen molar-refractivity contribution in [2.75, 3.05) is 20.8 Å². The van der Waals surface area contributed by atoms with E-state index >= 15 is 0 Å². The SMILES string of the molecule is COc1cc2c(cc1OC)C[NH+](Cc1cc(Br)cs1)CC2. The highest BCUT2D eigenvalue weighted by molar-refractivity contribution is 9.10. The van der Waals surface area contributed by atoms with Gasteiger partial charge in [0.15, 0.2) is 11.5 Å². The molecule has 5 heteroatoms. The van der Waals surface area contributed by atoms with E-state index in [4.69, 9.17) is 9.47 Å². The molecule has 0 saturated heterocycles. The highest BCUT2D eigenvalue weighted by atomic mass is 79.9. The Labute approximate surface area is 137 Å². The van der Waals surface area contributed by atoms with Crippen molar-refractivity contribution >= 4 is 27.3 Å². The molecule has 112 valence electrons. The molecule has 0 radical (unpaired) electrons. The van der Waals surface area contributed by atoms with Crippen LogP contribution in [-0.4, -0.2) is 20.8 Å². The molecule has 3 rings (SSSR count). The van der Waals surface area contributed by atoms with Crippen LogP contribution < -0.4 is 14.4 Å². The zero-order chi connectivity index (χ0) is 14.8. The third-order valence-corrected chi connectivity index (χ3v) is 5.64. The van der Waals surface area contributed by atoms with Crippen LogP contribution in [0, 0.1) is 0 Å². The Morgan fingerprint density at radius 3 is 2.48 bits per heavy atom. The molecule has 2 aromatic rings. The third kappa shape index (κ3) is 3.25. The molecule has 0 spiro atoms. The van der Waals surface area contributed by atoms with Gasteiger partial charge in [0.25, 0.3) is 0 Å². The molecule has 1 aliphatic heterocycles. The predicted octanol–water partition coefficient (Wildman–Crippen LogP) is 2.67. The number of ether oxygens (including phenoxy) is 2. The number of rotatable bonds is 4. The molecule has 1 aliphatic rings. The van der Waals surface area contributed by atoms with Gasteiger partial charge in [-0.3, -0.25) is 0 Å². The first-order valence-electron chi connectivity index (χ1n) is 7.00. The van der Waals surface area contributed by atoms with Crippen molar-refractivity contribution in [2.24, 2.45) is 0 Å². The Hall–Kier alpha value is -1.04. The smallest absolute Gasteiger partial charge is 0.161 e. The van der Waals surface area contributed by atoms with Gasteiger partial charge in [0.1, 0.15) is 13.1 Å². The number of nitrogens with one attached hydrogen (secondary N) is 1. The summed E-state index contributed by atoms with van der Waals surface area (Å²) in [7, 11) is 3.39. The number of hydrogen-bond acceptors (Lipinski definition) is 3. The summed E-state index contributed by atoms with van der Waals surface area (Å²) in [6, 6.07) is 6.49. The summed E-state index contributed by atoms with van der Waals surface area (Å²) < 4.78 is 12.0. The molecule has 0 fully saturated rings. The summed E-state index contributed by atoms with van der Waals surface area (Å²) in [5.41, 5.74) is 2.77. The van der Waals surface area contributed by atoms with Gasteiger partial charge in [0, 0.05) is 21.8 Å². The van der Waals surface area contributed by atoms with E-state index in [1.807, 2.05) is 11.3 Å². The number of benzene rings is 1. The van der Waals surface area contributed by atoms with Gasteiger partial charge in [-0.05, 0) is 39.7 Å². The zero-order valence-electron chi connectivity index (χ0n) is 12.2. The molecule has 3 nitrogen and oxygen atoms in total. The number of fused-ring (bicyclic) bond motifs is 1. The Kier molecular flexibility index (Phi) is 4.52. The van der Waals surface area contributed by atoms with E-state index in [0.29, 0.717) is 0 Å². The minimum Gasteiger partial charge on any atom is -0.493 e. The minimum atomic E-state index is 0.830. The lowest BCUT2D eigenvalue weighted by molar-refractivity contribution is -0.929. The molecule has 0 bridgehead atoms. The highest BCUT2D eigenvalue weighted by Gasteiger charge is 2.22. The van der Waals surface area contributed by atoms with Crippen LogP contribution >= 0.6 is 27.3 Å². The molecule has 2 heterocycles. The van der Waals surface area contributed by atoms with Crippen molar-refractivity contribution < 1.29 is 14.4 Å². The first kappa shape index (κ1) is 14.9. The molecule has 0 saturated carbocycles. The maximum atomic E-state index is 5.42. The second kappa shape index (κ2) is 6.38. The second-order valence-electron chi connectivity index (χ2n) is 5.31. The fourth-order valence-electron chi connectivity index (χ4n) is 2.87. The van der Waals surface area contributed by atoms with Crippen LogP contribution in [-0.2, 0) is 19.5 Å². The molecular formula is C16H19BrNO2S+. The lowest BCUT2D eigenvalue weighted by Crippen LogP contribution is -3.10. The predicted molar refractivity (Wildman–Crippen MR) is 88.5 cm³/mol. The largest absolute Gasteiger partial charge is 0.493 e. The van der Waals surface area contributed by atoms with E-state index < -0.39 is 0 Å². The van der Waals surface area contributed by atoms with Crippen LogP contribution in [0.1, 0.15) is 16.0 Å². The van der Waals surface area contributed by atoms with Crippen LogP contribution in [0.2, 0.25) is 0 Å². The molecular weight excluding hydrogens is 350 g/mol. The Morgan fingerprint density at radius 2 is 1.86 bits per heavy atom. The van der Waals surface area contributed by atoms with Crippen molar-refractivity contribution in [3.8, 4) is 11.5 Å². The average Bonchev–Trinajstić information content (AvgIpc) is 2.90. The topological polar surface area (TPSA) is 22.9 Å². The van der Waals surface area contributed by atoms with Crippen LogP contribution in [0.3, 0.4) is 0 Å².